The molecule has 0 aromatic heterocycles. The van der Waals surface area contributed by atoms with E-state index < -0.39 is 58.7 Å². The molecule has 2 aromatic rings. The predicted octanol–water partition coefficient (Wildman–Crippen LogP) is 3.28. The zero-order chi connectivity index (χ0) is 23.3. The van der Waals surface area contributed by atoms with Gasteiger partial charge in [-0.1, -0.05) is 12.1 Å². The van der Waals surface area contributed by atoms with Crippen molar-refractivity contribution in [3.05, 3.63) is 59.4 Å². The van der Waals surface area contributed by atoms with Crippen molar-refractivity contribution in [2.45, 2.75) is 30.6 Å². The maximum Gasteiger partial charge on any atom is 0.418 e. The molecule has 3 fully saturated rings. The number of alkyl halides is 3. The van der Waals surface area contributed by atoms with E-state index in [0.717, 1.165) is 23.1 Å². The Kier molecular flexibility index (Phi) is 3.95. The van der Waals surface area contributed by atoms with Crippen molar-refractivity contribution >= 4 is 29.1 Å². The summed E-state index contributed by atoms with van der Waals surface area (Å²) in [6.45, 7) is 0.387. The molecule has 10 heteroatoms. The third kappa shape index (κ3) is 2.39. The van der Waals surface area contributed by atoms with Gasteiger partial charge in [0.1, 0.15) is 11.4 Å². The molecule has 33 heavy (non-hydrogen) atoms. The minimum Gasteiger partial charge on any atom is -0.323 e. The first kappa shape index (κ1) is 20.3. The number of benzene rings is 2. The van der Waals surface area contributed by atoms with Crippen LogP contribution in [0.5, 0.6) is 0 Å². The fourth-order valence-corrected chi connectivity index (χ4v) is 6.31. The average molecular weight is 459 g/mol. The fourth-order valence-electron chi connectivity index (χ4n) is 6.31. The number of imide groups is 1. The zero-order valence-corrected chi connectivity index (χ0v) is 17.0. The molecule has 170 valence electrons. The highest BCUT2D eigenvalue weighted by molar-refractivity contribution is 6.26. The second-order valence-electron chi connectivity index (χ2n) is 8.84. The number of hydrogen-bond acceptors (Lipinski definition) is 4. The Balaban J connectivity index is 1.56. The molecule has 3 saturated heterocycles. The molecule has 0 aliphatic carbocycles. The molecule has 0 unspecified atom stereocenters. The Morgan fingerprint density at radius 2 is 1.73 bits per heavy atom. The molecule has 0 radical (unpaired) electrons. The normalized spacial score (nSPS) is 30.7. The highest BCUT2D eigenvalue weighted by Gasteiger charge is 2.75. The van der Waals surface area contributed by atoms with Gasteiger partial charge >= 0.3 is 6.18 Å². The van der Waals surface area contributed by atoms with Gasteiger partial charge in [-0.15, -0.1) is 0 Å². The summed E-state index contributed by atoms with van der Waals surface area (Å²) in [6.07, 6.45) is -3.52. The summed E-state index contributed by atoms with van der Waals surface area (Å²) in [5.74, 6) is -4.50. The van der Waals surface area contributed by atoms with Gasteiger partial charge in [0, 0.05) is 11.6 Å². The summed E-state index contributed by atoms with van der Waals surface area (Å²) >= 11 is 0. The Bertz CT molecular complexity index is 1230. The van der Waals surface area contributed by atoms with E-state index >= 15 is 0 Å². The van der Waals surface area contributed by atoms with Crippen LogP contribution in [-0.2, 0) is 26.1 Å². The standard InChI is InChI=1S/C23H17F4N3O3/c24-11-6-8-12(9-7-11)30-19(31)16-15-5-2-10-29(15)22(17(16)20(30)32)13-3-1-4-14(23(25,26)27)18(13)28-21(22)33/h1,3-4,6-9,15-17H,2,5,10H2,(H,28,33)/t15-,16+,17+,22+/m0/s1. The highest BCUT2D eigenvalue weighted by atomic mass is 19.4. The minimum atomic E-state index is -4.71. The van der Waals surface area contributed by atoms with Crippen molar-refractivity contribution < 1.29 is 31.9 Å². The number of amides is 3. The third-order valence-electron chi connectivity index (χ3n) is 7.42. The molecule has 3 amide bonds. The summed E-state index contributed by atoms with van der Waals surface area (Å²) in [6, 6.07) is 7.93. The van der Waals surface area contributed by atoms with Crippen molar-refractivity contribution in [1.29, 1.82) is 0 Å². The van der Waals surface area contributed by atoms with Gasteiger partial charge in [-0.2, -0.15) is 13.2 Å². The summed E-state index contributed by atoms with van der Waals surface area (Å²) in [5.41, 5.74) is -2.81. The molecule has 6 rings (SSSR count). The van der Waals surface area contributed by atoms with Crippen molar-refractivity contribution in [2.24, 2.45) is 11.8 Å². The number of para-hydroxylation sites is 1. The van der Waals surface area contributed by atoms with Crippen molar-refractivity contribution in [1.82, 2.24) is 4.90 Å². The molecule has 4 heterocycles. The first-order valence-electron chi connectivity index (χ1n) is 10.6. The number of fused-ring (bicyclic) bond motifs is 7. The fraction of sp³-hybridized carbons (Fsp3) is 0.348. The molecule has 0 bridgehead atoms. The van der Waals surface area contributed by atoms with Gasteiger partial charge < -0.3 is 5.32 Å². The summed E-state index contributed by atoms with van der Waals surface area (Å²) in [7, 11) is 0. The first-order chi connectivity index (χ1) is 15.7. The number of nitrogens with one attached hydrogen (secondary N) is 1. The van der Waals surface area contributed by atoms with Crippen LogP contribution in [0.3, 0.4) is 0 Å². The van der Waals surface area contributed by atoms with Gasteiger partial charge in [-0.3, -0.25) is 19.3 Å². The lowest BCUT2D eigenvalue weighted by atomic mass is 9.75. The van der Waals surface area contributed by atoms with Gasteiger partial charge in [0.25, 0.3) is 0 Å². The Morgan fingerprint density at radius 3 is 2.42 bits per heavy atom. The number of carbonyl (C=O) groups excluding carboxylic acids is 3. The lowest BCUT2D eigenvalue weighted by Crippen LogP contribution is -2.54. The van der Waals surface area contributed by atoms with Crippen LogP contribution in [0.2, 0.25) is 0 Å². The average Bonchev–Trinajstić information content (AvgIpc) is 3.46. The summed E-state index contributed by atoms with van der Waals surface area (Å²) in [4.78, 5) is 43.4. The molecule has 1 spiro atoms. The Morgan fingerprint density at radius 1 is 1.00 bits per heavy atom. The molecule has 4 atom stereocenters. The lowest BCUT2D eigenvalue weighted by Gasteiger charge is -2.36. The van der Waals surface area contributed by atoms with Crippen molar-refractivity contribution in [2.75, 3.05) is 16.8 Å². The van der Waals surface area contributed by atoms with Gasteiger partial charge in [0.05, 0.1) is 28.8 Å². The minimum absolute atomic E-state index is 0.0730. The number of rotatable bonds is 1. The van der Waals surface area contributed by atoms with Gasteiger partial charge in [0.2, 0.25) is 17.7 Å². The van der Waals surface area contributed by atoms with Gasteiger partial charge in [-0.05, 0) is 49.7 Å². The third-order valence-corrected chi connectivity index (χ3v) is 7.42. The molecular formula is C23H17F4N3O3. The van der Waals surface area contributed by atoms with Crippen LogP contribution in [-0.4, -0.2) is 35.2 Å². The van der Waals surface area contributed by atoms with E-state index in [4.69, 9.17) is 0 Å². The largest absolute Gasteiger partial charge is 0.418 e. The quantitative estimate of drug-likeness (QED) is 0.525. The smallest absolute Gasteiger partial charge is 0.323 e. The summed E-state index contributed by atoms with van der Waals surface area (Å²) < 4.78 is 54.6. The van der Waals surface area contributed by atoms with Gasteiger partial charge in [0.15, 0.2) is 0 Å². The van der Waals surface area contributed by atoms with Crippen LogP contribution in [0, 0.1) is 17.7 Å². The van der Waals surface area contributed by atoms with E-state index in [1.165, 1.54) is 24.3 Å². The Hall–Kier alpha value is -3.27. The van der Waals surface area contributed by atoms with Crippen LogP contribution in [0.4, 0.5) is 28.9 Å². The highest BCUT2D eigenvalue weighted by Crippen LogP contribution is 2.61. The van der Waals surface area contributed by atoms with E-state index in [0.29, 0.717) is 19.4 Å². The van der Waals surface area contributed by atoms with Gasteiger partial charge in [-0.25, -0.2) is 9.29 Å². The van der Waals surface area contributed by atoms with Crippen molar-refractivity contribution in [3.63, 3.8) is 0 Å². The first-order valence-corrected chi connectivity index (χ1v) is 10.6. The zero-order valence-electron chi connectivity index (χ0n) is 17.0. The molecule has 1 N–H and O–H groups in total. The number of halogens is 4. The number of anilines is 2. The van der Waals surface area contributed by atoms with Crippen LogP contribution >= 0.6 is 0 Å². The van der Waals surface area contributed by atoms with Crippen LogP contribution < -0.4 is 10.2 Å². The number of hydrogen-bond donors (Lipinski definition) is 1. The SMILES string of the molecule is O=C1[C@@H]2[C@@H]3CCCN3[C@@]3(C(=O)Nc4c(C(F)(F)F)cccc43)[C@H]2C(=O)N1c1ccc(F)cc1. The van der Waals surface area contributed by atoms with Crippen LogP contribution in [0.1, 0.15) is 24.0 Å². The van der Waals surface area contributed by atoms with E-state index in [1.807, 2.05) is 0 Å². The number of carbonyl (C=O) groups is 3. The second-order valence-corrected chi connectivity index (χ2v) is 8.84. The lowest BCUT2D eigenvalue weighted by molar-refractivity contribution is -0.137. The number of nitrogens with zero attached hydrogens (tertiary/aromatic N) is 2. The maximum absolute atomic E-state index is 13.7. The molecule has 4 aliphatic rings. The molecule has 2 aromatic carbocycles. The van der Waals surface area contributed by atoms with Crippen LogP contribution in [0.25, 0.3) is 0 Å². The predicted molar refractivity (Wildman–Crippen MR) is 107 cm³/mol. The molecular weight excluding hydrogens is 442 g/mol. The second kappa shape index (κ2) is 6.40. The summed E-state index contributed by atoms with van der Waals surface area (Å²) in [5, 5.41) is 2.40. The van der Waals surface area contributed by atoms with Crippen LogP contribution in [0.15, 0.2) is 42.5 Å². The molecule has 4 aliphatic heterocycles. The van der Waals surface area contributed by atoms with E-state index in [2.05, 4.69) is 5.32 Å². The van der Waals surface area contributed by atoms with E-state index in [9.17, 15) is 31.9 Å². The van der Waals surface area contributed by atoms with E-state index in [1.54, 1.807) is 4.90 Å². The Labute approximate surface area is 185 Å². The topological polar surface area (TPSA) is 69.7 Å². The monoisotopic (exact) mass is 459 g/mol. The van der Waals surface area contributed by atoms with E-state index in [-0.39, 0.29) is 16.9 Å². The maximum atomic E-state index is 13.7. The molecule has 0 saturated carbocycles. The van der Waals surface area contributed by atoms with Crippen molar-refractivity contribution in [3.8, 4) is 0 Å². The molecule has 6 nitrogen and oxygen atoms in total.